The van der Waals surface area contributed by atoms with Crippen molar-refractivity contribution in [1.82, 2.24) is 4.90 Å². The number of piperazine rings is 1. The average Bonchev–Trinajstić information content (AvgIpc) is 2.57. The summed E-state index contributed by atoms with van der Waals surface area (Å²) in [5.41, 5.74) is 7.06. The number of benzene rings is 1. The van der Waals surface area contributed by atoms with Crippen molar-refractivity contribution in [3.05, 3.63) is 28.2 Å². The third-order valence-corrected chi connectivity index (χ3v) is 6.20. The smallest absolute Gasteiger partial charge is 0.0825 e. The summed E-state index contributed by atoms with van der Waals surface area (Å²) >= 11 is 12.5. The second-order valence-electron chi connectivity index (χ2n) is 6.97. The number of nitrogens with two attached hydrogens (primary N) is 1. The summed E-state index contributed by atoms with van der Waals surface area (Å²) in [6.07, 6.45) is 6.39. The van der Waals surface area contributed by atoms with Gasteiger partial charge in [0, 0.05) is 32.2 Å². The van der Waals surface area contributed by atoms with Crippen LogP contribution < -0.4 is 10.6 Å². The zero-order valence-corrected chi connectivity index (χ0v) is 15.2. The van der Waals surface area contributed by atoms with Gasteiger partial charge >= 0.3 is 0 Å². The lowest BCUT2D eigenvalue weighted by molar-refractivity contribution is 0.217. The van der Waals surface area contributed by atoms with E-state index in [9.17, 15) is 0 Å². The molecule has 1 saturated heterocycles. The predicted molar refractivity (Wildman–Crippen MR) is 106 cm³/mol. The summed E-state index contributed by atoms with van der Waals surface area (Å²) in [6, 6.07) is 6.34. The molecule has 1 aliphatic carbocycles. The van der Waals surface area contributed by atoms with E-state index in [0.29, 0.717) is 16.1 Å². The molecule has 0 spiro atoms. The molecule has 0 aromatic heterocycles. The Morgan fingerprint density at radius 2 is 1.67 bits per heavy atom. The van der Waals surface area contributed by atoms with Gasteiger partial charge < -0.3 is 10.6 Å². The van der Waals surface area contributed by atoms with E-state index in [1.807, 2.05) is 12.1 Å². The second-order valence-corrected chi connectivity index (χ2v) is 7.76. The van der Waals surface area contributed by atoms with E-state index in [2.05, 4.69) is 15.9 Å². The van der Waals surface area contributed by atoms with Crippen molar-refractivity contribution in [3.63, 3.8) is 0 Å². The molecular formula is C19H31Cl2N3. The molecule has 1 heterocycles. The van der Waals surface area contributed by atoms with Crippen LogP contribution in [0.15, 0.2) is 18.2 Å². The van der Waals surface area contributed by atoms with Gasteiger partial charge in [-0.25, -0.2) is 0 Å². The molecule has 1 saturated carbocycles. The van der Waals surface area contributed by atoms with Crippen molar-refractivity contribution >= 4 is 28.9 Å². The fraction of sp³-hybridized carbons (Fsp3) is 0.684. The van der Waals surface area contributed by atoms with Crippen molar-refractivity contribution in [2.75, 3.05) is 37.6 Å². The van der Waals surface area contributed by atoms with E-state index >= 15 is 0 Å². The second kappa shape index (κ2) is 9.28. The van der Waals surface area contributed by atoms with Crippen LogP contribution in [-0.4, -0.2) is 43.7 Å². The first-order chi connectivity index (χ1) is 11.1. The number of nitrogens with zero attached hydrogens (tertiary/aromatic N) is 2. The first-order valence-electron chi connectivity index (χ1n) is 8.80. The Morgan fingerprint density at radius 3 is 2.33 bits per heavy atom. The van der Waals surface area contributed by atoms with Crippen molar-refractivity contribution in [2.24, 2.45) is 11.7 Å². The minimum atomic E-state index is 0. The molecule has 24 heavy (non-hydrogen) atoms. The topological polar surface area (TPSA) is 32.5 Å². The number of rotatable bonds is 4. The standard InChI is InChI=1S/C18H27Cl2N3.CH4/c19-16-2-1-3-17(18(16)20)23-12-10-22(11-13-23)9-8-14-4-6-15(21)7-5-14;/h1-3,14-15H,4-13,21H2;1H4. The van der Waals surface area contributed by atoms with E-state index in [-0.39, 0.29) is 7.43 Å². The van der Waals surface area contributed by atoms with E-state index in [1.165, 1.54) is 38.6 Å². The molecule has 1 aliphatic heterocycles. The van der Waals surface area contributed by atoms with E-state index in [4.69, 9.17) is 28.9 Å². The molecule has 5 heteroatoms. The van der Waals surface area contributed by atoms with Crippen LogP contribution in [0.1, 0.15) is 39.5 Å². The molecule has 0 atom stereocenters. The molecule has 2 aliphatic rings. The van der Waals surface area contributed by atoms with Gasteiger partial charge in [0.15, 0.2) is 0 Å². The van der Waals surface area contributed by atoms with Crippen LogP contribution in [0.4, 0.5) is 5.69 Å². The lowest BCUT2D eigenvalue weighted by Gasteiger charge is -2.37. The van der Waals surface area contributed by atoms with Crippen LogP contribution in [0.2, 0.25) is 10.0 Å². The van der Waals surface area contributed by atoms with Crippen molar-refractivity contribution in [2.45, 2.75) is 45.6 Å². The highest BCUT2D eigenvalue weighted by Crippen LogP contribution is 2.33. The minimum absolute atomic E-state index is 0. The molecule has 0 radical (unpaired) electrons. The van der Waals surface area contributed by atoms with Gasteiger partial charge in [-0.15, -0.1) is 0 Å². The van der Waals surface area contributed by atoms with Gasteiger partial charge in [-0.1, -0.05) is 36.7 Å². The van der Waals surface area contributed by atoms with Crippen LogP contribution >= 0.6 is 23.2 Å². The maximum atomic E-state index is 6.34. The fourth-order valence-electron chi connectivity index (χ4n) is 3.79. The molecule has 3 nitrogen and oxygen atoms in total. The lowest BCUT2D eigenvalue weighted by atomic mass is 9.84. The highest BCUT2D eigenvalue weighted by molar-refractivity contribution is 6.43. The first-order valence-corrected chi connectivity index (χ1v) is 9.56. The Hall–Kier alpha value is -0.480. The molecule has 2 fully saturated rings. The minimum Gasteiger partial charge on any atom is -0.368 e. The van der Waals surface area contributed by atoms with Gasteiger partial charge in [-0.2, -0.15) is 0 Å². The molecule has 0 bridgehead atoms. The zero-order chi connectivity index (χ0) is 16.2. The van der Waals surface area contributed by atoms with Crippen molar-refractivity contribution in [3.8, 4) is 0 Å². The van der Waals surface area contributed by atoms with Gasteiger partial charge in [-0.3, -0.25) is 4.90 Å². The number of hydrogen-bond donors (Lipinski definition) is 1. The SMILES string of the molecule is C.NC1CCC(CCN2CCN(c3cccc(Cl)c3Cl)CC2)CC1. The van der Waals surface area contributed by atoms with E-state index in [1.54, 1.807) is 0 Å². The van der Waals surface area contributed by atoms with Gasteiger partial charge in [0.1, 0.15) is 0 Å². The molecule has 1 aromatic carbocycles. The molecule has 2 N–H and O–H groups in total. The van der Waals surface area contributed by atoms with Crippen LogP contribution in [-0.2, 0) is 0 Å². The maximum absolute atomic E-state index is 6.34. The summed E-state index contributed by atoms with van der Waals surface area (Å²) in [7, 11) is 0. The van der Waals surface area contributed by atoms with E-state index in [0.717, 1.165) is 37.8 Å². The lowest BCUT2D eigenvalue weighted by Crippen LogP contribution is -2.47. The molecular weight excluding hydrogens is 341 g/mol. The highest BCUT2D eigenvalue weighted by Gasteiger charge is 2.22. The maximum Gasteiger partial charge on any atom is 0.0825 e. The normalized spacial score (nSPS) is 25.4. The van der Waals surface area contributed by atoms with Gasteiger partial charge in [0.2, 0.25) is 0 Å². The molecule has 0 unspecified atom stereocenters. The van der Waals surface area contributed by atoms with Crippen molar-refractivity contribution < 1.29 is 0 Å². The van der Waals surface area contributed by atoms with Crippen LogP contribution in [0, 0.1) is 5.92 Å². The molecule has 136 valence electrons. The Labute approximate surface area is 157 Å². The summed E-state index contributed by atoms with van der Waals surface area (Å²) in [5.74, 6) is 0.884. The summed E-state index contributed by atoms with van der Waals surface area (Å²) < 4.78 is 0. The summed E-state index contributed by atoms with van der Waals surface area (Å²) in [4.78, 5) is 4.94. The Bertz CT molecular complexity index is 507. The third kappa shape index (κ3) is 5.01. The van der Waals surface area contributed by atoms with Gasteiger partial charge in [0.05, 0.1) is 15.7 Å². The van der Waals surface area contributed by atoms with Gasteiger partial charge in [-0.05, 0) is 56.7 Å². The quantitative estimate of drug-likeness (QED) is 0.834. The predicted octanol–water partition coefficient (Wildman–Crippen LogP) is 4.66. The fourth-order valence-corrected chi connectivity index (χ4v) is 4.21. The van der Waals surface area contributed by atoms with Crippen LogP contribution in [0.3, 0.4) is 0 Å². The first kappa shape index (κ1) is 19.8. The summed E-state index contributed by atoms with van der Waals surface area (Å²) in [5, 5.41) is 1.32. The number of halogens is 2. The Balaban J connectivity index is 0.00000208. The monoisotopic (exact) mass is 371 g/mol. The van der Waals surface area contributed by atoms with Crippen LogP contribution in [0.5, 0.6) is 0 Å². The highest BCUT2D eigenvalue weighted by atomic mass is 35.5. The van der Waals surface area contributed by atoms with Gasteiger partial charge in [0.25, 0.3) is 0 Å². The van der Waals surface area contributed by atoms with Crippen LogP contribution in [0.25, 0.3) is 0 Å². The number of hydrogen-bond acceptors (Lipinski definition) is 3. The molecule has 1 aromatic rings. The Kier molecular flexibility index (Phi) is 7.67. The third-order valence-electron chi connectivity index (χ3n) is 5.39. The van der Waals surface area contributed by atoms with E-state index < -0.39 is 0 Å². The van der Waals surface area contributed by atoms with Crippen molar-refractivity contribution in [1.29, 1.82) is 0 Å². The summed E-state index contributed by atoms with van der Waals surface area (Å²) in [6.45, 7) is 5.48. The largest absolute Gasteiger partial charge is 0.368 e. The Morgan fingerprint density at radius 1 is 1.00 bits per heavy atom. The average molecular weight is 372 g/mol. The molecule has 0 amide bonds. The zero-order valence-electron chi connectivity index (χ0n) is 13.7. The number of anilines is 1. The molecule has 3 rings (SSSR count).